The van der Waals surface area contributed by atoms with Gasteiger partial charge in [0, 0.05) is 19.3 Å². The molecule has 77 heavy (non-hydrogen) atoms. The maximum atomic E-state index is 12.9. The van der Waals surface area contributed by atoms with Gasteiger partial charge in [-0.05, 0) is 89.9 Å². The van der Waals surface area contributed by atoms with E-state index in [0.29, 0.717) is 19.3 Å². The highest BCUT2D eigenvalue weighted by Gasteiger charge is 2.19. The minimum Gasteiger partial charge on any atom is -0.462 e. The molecule has 0 aliphatic carbocycles. The molecule has 0 rings (SSSR count). The first-order valence-electron chi connectivity index (χ1n) is 33.4. The zero-order chi connectivity index (χ0) is 55.7. The number of unbranched alkanes of at least 4 members (excludes halogenated alkanes) is 38. The first kappa shape index (κ1) is 73.8. The van der Waals surface area contributed by atoms with E-state index in [2.05, 4.69) is 93.7 Å². The third-order valence-electron chi connectivity index (χ3n) is 14.7. The van der Waals surface area contributed by atoms with Crippen molar-refractivity contribution in [2.75, 3.05) is 13.2 Å². The molecule has 1 atom stereocenters. The van der Waals surface area contributed by atoms with Crippen molar-refractivity contribution < 1.29 is 28.6 Å². The molecule has 0 aliphatic heterocycles. The van der Waals surface area contributed by atoms with Crippen LogP contribution >= 0.6 is 0 Å². The second-order valence-electron chi connectivity index (χ2n) is 22.4. The van der Waals surface area contributed by atoms with E-state index < -0.39 is 6.10 Å². The van der Waals surface area contributed by atoms with E-state index in [0.717, 1.165) is 103 Å². The van der Waals surface area contributed by atoms with Gasteiger partial charge in [-0.1, -0.05) is 306 Å². The Morgan fingerprint density at radius 2 is 0.506 bits per heavy atom. The van der Waals surface area contributed by atoms with Crippen LogP contribution in [0, 0.1) is 0 Å². The summed E-state index contributed by atoms with van der Waals surface area (Å²) in [7, 11) is 0. The summed E-state index contributed by atoms with van der Waals surface area (Å²) in [6, 6.07) is 0. The fourth-order valence-corrected chi connectivity index (χ4v) is 9.70. The van der Waals surface area contributed by atoms with Gasteiger partial charge in [0.15, 0.2) is 6.10 Å². The van der Waals surface area contributed by atoms with E-state index >= 15 is 0 Å². The Balaban J connectivity index is 4.28. The lowest BCUT2D eigenvalue weighted by Gasteiger charge is -2.18. The number of carbonyl (C=O) groups is 3. The van der Waals surface area contributed by atoms with Crippen molar-refractivity contribution >= 4 is 17.9 Å². The molecule has 0 aromatic rings. The van der Waals surface area contributed by atoms with Crippen LogP contribution in [0.25, 0.3) is 0 Å². The van der Waals surface area contributed by atoms with Crippen LogP contribution in [0.3, 0.4) is 0 Å². The molecule has 0 amide bonds. The Kier molecular flexibility index (Phi) is 62.7. The Hall–Kier alpha value is -3.15. The summed E-state index contributed by atoms with van der Waals surface area (Å²) < 4.78 is 16.9. The van der Waals surface area contributed by atoms with E-state index in [1.807, 2.05) is 0 Å². The van der Waals surface area contributed by atoms with Crippen LogP contribution in [0.2, 0.25) is 0 Å². The Labute approximate surface area is 478 Å². The minimum absolute atomic E-state index is 0.0816. The number of hydrogen-bond donors (Lipinski definition) is 0. The lowest BCUT2D eigenvalue weighted by molar-refractivity contribution is -0.167. The van der Waals surface area contributed by atoms with Crippen molar-refractivity contribution in [2.45, 2.75) is 348 Å². The number of rotatable bonds is 61. The van der Waals surface area contributed by atoms with Gasteiger partial charge in [0.25, 0.3) is 0 Å². The predicted molar refractivity (Wildman–Crippen MR) is 335 cm³/mol. The zero-order valence-electron chi connectivity index (χ0n) is 51.2. The van der Waals surface area contributed by atoms with Crippen molar-refractivity contribution in [3.8, 4) is 0 Å². The fourth-order valence-electron chi connectivity index (χ4n) is 9.70. The molecule has 446 valence electrons. The number of hydrogen-bond acceptors (Lipinski definition) is 6. The van der Waals surface area contributed by atoms with Gasteiger partial charge in [-0.15, -0.1) is 0 Å². The van der Waals surface area contributed by atoms with Gasteiger partial charge in [-0.3, -0.25) is 14.4 Å². The molecular weight excluding hydrogens is 949 g/mol. The summed E-state index contributed by atoms with van der Waals surface area (Å²) in [6.07, 6.45) is 84.9. The lowest BCUT2D eigenvalue weighted by Crippen LogP contribution is -2.30. The smallest absolute Gasteiger partial charge is 0.306 e. The van der Waals surface area contributed by atoms with Crippen molar-refractivity contribution in [3.05, 3.63) is 72.9 Å². The summed E-state index contributed by atoms with van der Waals surface area (Å²) >= 11 is 0. The van der Waals surface area contributed by atoms with Gasteiger partial charge >= 0.3 is 17.9 Å². The molecule has 0 radical (unpaired) electrons. The summed E-state index contributed by atoms with van der Waals surface area (Å²) in [5, 5.41) is 0. The SMILES string of the molecule is CC/C=C\C/C=C\C/C=C\C/C=C\CCCCCCC(=O)OC(COC(=O)CCCCCCCCCCCCCCCCC)COC(=O)CCCCCCCCCCCCCCCCC/C=C\C/C=C\CCCCCCC. The van der Waals surface area contributed by atoms with E-state index in [4.69, 9.17) is 14.2 Å². The summed E-state index contributed by atoms with van der Waals surface area (Å²) in [5.74, 6) is -0.887. The van der Waals surface area contributed by atoms with Gasteiger partial charge in [0.05, 0.1) is 0 Å². The third kappa shape index (κ3) is 63.6. The number of allylic oxidation sites excluding steroid dienone is 12. The second-order valence-corrected chi connectivity index (χ2v) is 22.4. The molecule has 0 bridgehead atoms. The molecule has 0 saturated carbocycles. The van der Waals surface area contributed by atoms with Crippen molar-refractivity contribution in [1.29, 1.82) is 0 Å². The Morgan fingerprint density at radius 1 is 0.273 bits per heavy atom. The van der Waals surface area contributed by atoms with Gasteiger partial charge in [-0.25, -0.2) is 0 Å². The fraction of sp³-hybridized carbons (Fsp3) is 0.789. The molecule has 6 nitrogen and oxygen atoms in total. The quantitative estimate of drug-likeness (QED) is 0.0261. The molecule has 0 aliphatic rings. The maximum Gasteiger partial charge on any atom is 0.306 e. The Bertz CT molecular complexity index is 1420. The van der Waals surface area contributed by atoms with Crippen LogP contribution in [-0.2, 0) is 28.6 Å². The van der Waals surface area contributed by atoms with Crippen molar-refractivity contribution in [1.82, 2.24) is 0 Å². The van der Waals surface area contributed by atoms with Crippen molar-refractivity contribution in [3.63, 3.8) is 0 Å². The van der Waals surface area contributed by atoms with Crippen LogP contribution in [0.1, 0.15) is 342 Å². The predicted octanol–water partition coefficient (Wildman–Crippen LogP) is 22.9. The Morgan fingerprint density at radius 3 is 0.792 bits per heavy atom. The van der Waals surface area contributed by atoms with E-state index in [9.17, 15) is 14.4 Å². The van der Waals surface area contributed by atoms with Crippen LogP contribution in [0.4, 0.5) is 0 Å². The van der Waals surface area contributed by atoms with E-state index in [-0.39, 0.29) is 31.1 Å². The molecule has 6 heteroatoms. The van der Waals surface area contributed by atoms with Crippen LogP contribution in [-0.4, -0.2) is 37.2 Å². The van der Waals surface area contributed by atoms with Gasteiger partial charge < -0.3 is 14.2 Å². The van der Waals surface area contributed by atoms with Crippen LogP contribution < -0.4 is 0 Å². The van der Waals surface area contributed by atoms with Gasteiger partial charge in [0.2, 0.25) is 0 Å². The first-order chi connectivity index (χ1) is 38.0. The normalized spacial score (nSPS) is 12.5. The van der Waals surface area contributed by atoms with Crippen LogP contribution in [0.15, 0.2) is 72.9 Å². The second kappa shape index (κ2) is 65.4. The molecular formula is C71H126O6. The molecule has 0 aromatic heterocycles. The number of esters is 3. The molecule has 0 N–H and O–H groups in total. The average Bonchev–Trinajstić information content (AvgIpc) is 3.43. The minimum atomic E-state index is -0.787. The van der Waals surface area contributed by atoms with Crippen LogP contribution in [0.5, 0.6) is 0 Å². The average molecular weight is 1080 g/mol. The number of carbonyl (C=O) groups excluding carboxylic acids is 3. The van der Waals surface area contributed by atoms with Gasteiger partial charge in [-0.2, -0.15) is 0 Å². The van der Waals surface area contributed by atoms with Crippen molar-refractivity contribution in [2.24, 2.45) is 0 Å². The number of ether oxygens (including phenoxy) is 3. The molecule has 0 fully saturated rings. The molecule has 0 heterocycles. The highest BCUT2D eigenvalue weighted by Crippen LogP contribution is 2.17. The molecule has 0 aromatic carbocycles. The first-order valence-corrected chi connectivity index (χ1v) is 33.4. The molecule has 1 unspecified atom stereocenters. The summed E-state index contributed by atoms with van der Waals surface area (Å²) in [5.41, 5.74) is 0. The summed E-state index contributed by atoms with van der Waals surface area (Å²) in [4.78, 5) is 38.3. The molecule has 0 spiro atoms. The standard InChI is InChI=1S/C71H126O6/c1-4-7-10-13-16-19-22-25-28-30-31-32-33-34-35-36-37-38-39-41-43-46-49-52-55-58-61-64-70(73)76-67-68(66-75-69(72)63-60-57-54-51-48-45-42-27-24-21-18-15-12-9-6-3)77-71(74)65-62-59-56-53-50-47-44-40-29-26-23-20-17-14-11-8-5-2/h8,11,17,20,22,25-26,29-31,44,47,68H,4-7,9-10,12-16,18-19,21,23-24,27-28,32-43,45-46,48-67H2,1-3H3/b11-8-,20-17-,25-22-,29-26-,31-30-,47-44-. The lowest BCUT2D eigenvalue weighted by atomic mass is 10.0. The highest BCUT2D eigenvalue weighted by atomic mass is 16.6. The van der Waals surface area contributed by atoms with Gasteiger partial charge in [0.1, 0.15) is 13.2 Å². The third-order valence-corrected chi connectivity index (χ3v) is 14.7. The summed E-state index contributed by atoms with van der Waals surface area (Å²) in [6.45, 7) is 6.54. The zero-order valence-corrected chi connectivity index (χ0v) is 51.2. The monoisotopic (exact) mass is 1070 g/mol. The largest absolute Gasteiger partial charge is 0.462 e. The van der Waals surface area contributed by atoms with E-state index in [1.165, 1.54) is 199 Å². The maximum absolute atomic E-state index is 12.9. The molecule has 0 saturated heterocycles. The highest BCUT2D eigenvalue weighted by molar-refractivity contribution is 5.71. The van der Waals surface area contributed by atoms with E-state index in [1.54, 1.807) is 0 Å². The topological polar surface area (TPSA) is 78.9 Å².